The van der Waals surface area contributed by atoms with E-state index in [1.807, 2.05) is 24.3 Å². The summed E-state index contributed by atoms with van der Waals surface area (Å²) in [5, 5.41) is 2.30. The van der Waals surface area contributed by atoms with E-state index in [4.69, 9.17) is 0 Å². The predicted octanol–water partition coefficient (Wildman–Crippen LogP) is 5.73. The van der Waals surface area contributed by atoms with Gasteiger partial charge in [-0.1, -0.05) is 30.9 Å². The molecule has 0 saturated heterocycles. The first-order chi connectivity index (χ1) is 9.26. The lowest BCUT2D eigenvalue weighted by molar-refractivity contribution is 0.934. The number of fused-ring (bicyclic) bond motifs is 3. The summed E-state index contributed by atoms with van der Waals surface area (Å²) in [4.78, 5) is 0.660. The minimum Gasteiger partial charge on any atom is -0.160 e. The van der Waals surface area contributed by atoms with Crippen molar-refractivity contribution in [2.45, 2.75) is 24.7 Å². The first-order valence-corrected chi connectivity index (χ1v) is 7.14. The van der Waals surface area contributed by atoms with Crippen LogP contribution in [0.25, 0.3) is 22.9 Å². The molecule has 0 N–H and O–H groups in total. The maximum Gasteiger partial charge on any atom is 0.0812 e. The molecule has 0 saturated carbocycles. The van der Waals surface area contributed by atoms with Gasteiger partial charge in [-0.05, 0) is 64.9 Å². The number of benzene rings is 2. The molecule has 0 bridgehead atoms. The SMILES string of the molecule is C=Cc1c(C)c2c(c3cc(SF)ccc13)C=CCC2. The summed E-state index contributed by atoms with van der Waals surface area (Å²) in [7, 11) is 0. The van der Waals surface area contributed by atoms with E-state index >= 15 is 0 Å². The second-order valence-electron chi connectivity index (χ2n) is 4.86. The molecule has 2 aromatic carbocycles. The molecule has 2 aromatic rings. The van der Waals surface area contributed by atoms with E-state index in [2.05, 4.69) is 25.7 Å². The molecule has 0 nitrogen and oxygen atoms in total. The highest BCUT2D eigenvalue weighted by atomic mass is 32.2. The number of hydrogen-bond donors (Lipinski definition) is 0. The van der Waals surface area contributed by atoms with Gasteiger partial charge in [0.25, 0.3) is 0 Å². The number of rotatable bonds is 2. The van der Waals surface area contributed by atoms with Gasteiger partial charge in [-0.2, -0.15) is 3.89 Å². The minimum absolute atomic E-state index is 0.302. The van der Waals surface area contributed by atoms with Crippen LogP contribution in [0.3, 0.4) is 0 Å². The lowest BCUT2D eigenvalue weighted by Gasteiger charge is -2.20. The Kier molecular flexibility index (Phi) is 3.19. The zero-order valence-electron chi connectivity index (χ0n) is 10.9. The second-order valence-corrected chi connectivity index (χ2v) is 5.49. The van der Waals surface area contributed by atoms with Crippen molar-refractivity contribution in [1.29, 1.82) is 0 Å². The number of halogens is 1. The van der Waals surface area contributed by atoms with Crippen molar-refractivity contribution in [3.63, 3.8) is 0 Å². The van der Waals surface area contributed by atoms with E-state index in [0.717, 1.165) is 23.6 Å². The fourth-order valence-electron chi connectivity index (χ4n) is 2.96. The second kappa shape index (κ2) is 4.86. The lowest BCUT2D eigenvalue weighted by Crippen LogP contribution is -2.01. The van der Waals surface area contributed by atoms with Gasteiger partial charge in [-0.3, -0.25) is 0 Å². The molecule has 0 radical (unpaired) electrons. The highest BCUT2D eigenvalue weighted by molar-refractivity contribution is 7.94. The summed E-state index contributed by atoms with van der Waals surface area (Å²) in [5.74, 6) is 0. The van der Waals surface area contributed by atoms with Crippen molar-refractivity contribution < 1.29 is 3.89 Å². The maximum absolute atomic E-state index is 12.8. The molecule has 0 spiro atoms. The van der Waals surface area contributed by atoms with Gasteiger partial charge in [0, 0.05) is 4.90 Å². The normalized spacial score (nSPS) is 13.6. The fraction of sp³-hybridized carbons (Fsp3) is 0.176. The first-order valence-electron chi connectivity index (χ1n) is 6.43. The standard InChI is InChI=1S/C17H15FS/c1-3-13-11(2)14-6-4-5-7-15(14)17-10-12(19-18)8-9-16(13)17/h3,5,7-10H,1,4,6H2,2H3. The van der Waals surface area contributed by atoms with Crippen molar-refractivity contribution in [1.82, 2.24) is 0 Å². The summed E-state index contributed by atoms with van der Waals surface area (Å²) in [5.41, 5.74) is 5.12. The maximum atomic E-state index is 12.8. The Labute approximate surface area is 117 Å². The minimum atomic E-state index is 0.302. The van der Waals surface area contributed by atoms with Crippen LogP contribution in [0.1, 0.15) is 28.7 Å². The molecule has 19 heavy (non-hydrogen) atoms. The zero-order chi connectivity index (χ0) is 13.4. The average molecular weight is 270 g/mol. The van der Waals surface area contributed by atoms with Gasteiger partial charge < -0.3 is 0 Å². The van der Waals surface area contributed by atoms with Crippen molar-refractivity contribution in [3.05, 3.63) is 53.1 Å². The van der Waals surface area contributed by atoms with Crippen molar-refractivity contribution >= 4 is 35.1 Å². The molecule has 0 aromatic heterocycles. The van der Waals surface area contributed by atoms with Crippen LogP contribution in [0.4, 0.5) is 3.89 Å². The Balaban J connectivity index is 2.47. The quantitative estimate of drug-likeness (QED) is 0.671. The highest BCUT2D eigenvalue weighted by Crippen LogP contribution is 2.36. The largest absolute Gasteiger partial charge is 0.160 e. The van der Waals surface area contributed by atoms with Crippen LogP contribution in [-0.2, 0) is 6.42 Å². The van der Waals surface area contributed by atoms with Gasteiger partial charge in [0.05, 0.1) is 12.1 Å². The molecule has 1 aliphatic rings. The van der Waals surface area contributed by atoms with Crippen LogP contribution >= 0.6 is 12.1 Å². The van der Waals surface area contributed by atoms with E-state index in [1.165, 1.54) is 22.3 Å². The Morgan fingerprint density at radius 3 is 2.89 bits per heavy atom. The molecule has 0 amide bonds. The number of allylic oxidation sites excluding steroid dienone is 1. The molecule has 0 fully saturated rings. The lowest BCUT2D eigenvalue weighted by atomic mass is 9.85. The molecule has 0 aliphatic heterocycles. The van der Waals surface area contributed by atoms with Gasteiger partial charge in [0.2, 0.25) is 0 Å². The molecular weight excluding hydrogens is 255 g/mol. The number of hydrogen-bond acceptors (Lipinski definition) is 1. The van der Waals surface area contributed by atoms with Gasteiger partial charge >= 0.3 is 0 Å². The zero-order valence-corrected chi connectivity index (χ0v) is 11.7. The Morgan fingerprint density at radius 2 is 2.16 bits per heavy atom. The molecule has 0 unspecified atom stereocenters. The van der Waals surface area contributed by atoms with Gasteiger partial charge in [-0.15, -0.1) is 0 Å². The first kappa shape index (κ1) is 12.5. The Bertz CT molecular complexity index is 698. The summed E-state index contributed by atoms with van der Waals surface area (Å²) < 4.78 is 12.8. The van der Waals surface area contributed by atoms with E-state index in [-0.39, 0.29) is 0 Å². The van der Waals surface area contributed by atoms with Crippen molar-refractivity contribution in [3.8, 4) is 0 Å². The molecule has 0 heterocycles. The third-order valence-electron chi connectivity index (χ3n) is 3.89. The van der Waals surface area contributed by atoms with E-state index in [0.29, 0.717) is 17.0 Å². The van der Waals surface area contributed by atoms with Crippen LogP contribution in [0.2, 0.25) is 0 Å². The van der Waals surface area contributed by atoms with Crippen LogP contribution in [0, 0.1) is 6.92 Å². The van der Waals surface area contributed by atoms with Crippen molar-refractivity contribution in [2.24, 2.45) is 0 Å². The van der Waals surface area contributed by atoms with E-state index in [9.17, 15) is 3.89 Å². The molecule has 1 aliphatic carbocycles. The van der Waals surface area contributed by atoms with E-state index < -0.39 is 0 Å². The topological polar surface area (TPSA) is 0 Å². The van der Waals surface area contributed by atoms with Gasteiger partial charge in [0.1, 0.15) is 0 Å². The Hall–Kier alpha value is -1.54. The third kappa shape index (κ3) is 1.91. The van der Waals surface area contributed by atoms with Crippen LogP contribution in [-0.4, -0.2) is 0 Å². The van der Waals surface area contributed by atoms with E-state index in [1.54, 1.807) is 0 Å². The molecular formula is C17H15FS. The summed E-state index contributed by atoms with van der Waals surface area (Å²) in [6, 6.07) is 5.78. The third-order valence-corrected chi connectivity index (χ3v) is 4.32. The summed E-state index contributed by atoms with van der Waals surface area (Å²) in [6.07, 6.45) is 8.42. The van der Waals surface area contributed by atoms with Gasteiger partial charge in [0.15, 0.2) is 0 Å². The Morgan fingerprint density at radius 1 is 1.32 bits per heavy atom. The summed E-state index contributed by atoms with van der Waals surface area (Å²) in [6.45, 7) is 6.10. The van der Waals surface area contributed by atoms with Crippen LogP contribution in [0.15, 0.2) is 35.7 Å². The fourth-order valence-corrected chi connectivity index (χ4v) is 3.24. The highest BCUT2D eigenvalue weighted by Gasteiger charge is 2.15. The molecule has 2 heteroatoms. The molecule has 0 atom stereocenters. The predicted molar refractivity (Wildman–Crippen MR) is 83.1 cm³/mol. The smallest absolute Gasteiger partial charge is 0.0812 e. The van der Waals surface area contributed by atoms with Crippen LogP contribution < -0.4 is 0 Å². The molecule has 96 valence electrons. The molecule has 3 rings (SSSR count). The van der Waals surface area contributed by atoms with Gasteiger partial charge in [-0.25, -0.2) is 0 Å². The summed E-state index contributed by atoms with van der Waals surface area (Å²) >= 11 is 0.302. The average Bonchev–Trinajstić information content (AvgIpc) is 2.47. The van der Waals surface area contributed by atoms with Crippen LogP contribution in [0.5, 0.6) is 0 Å². The van der Waals surface area contributed by atoms with Crippen molar-refractivity contribution in [2.75, 3.05) is 0 Å². The monoisotopic (exact) mass is 270 g/mol.